The van der Waals surface area contributed by atoms with E-state index in [9.17, 15) is 0 Å². The molecule has 3 heteroatoms. The first kappa shape index (κ1) is 27.1. The third-order valence-electron chi connectivity index (χ3n) is 7.24. The van der Waals surface area contributed by atoms with Gasteiger partial charge in [0.1, 0.15) is 19.6 Å². The summed E-state index contributed by atoms with van der Waals surface area (Å²) in [6.45, 7) is 8.14. The van der Waals surface area contributed by atoms with Gasteiger partial charge in [-0.25, -0.2) is 0 Å². The average Bonchev–Trinajstić information content (AvgIpc) is 2.80. The van der Waals surface area contributed by atoms with E-state index in [0.29, 0.717) is 0 Å². The van der Waals surface area contributed by atoms with Gasteiger partial charge < -0.3 is 13.4 Å². The molecule has 0 aliphatic rings. The van der Waals surface area contributed by atoms with Crippen LogP contribution in [0.2, 0.25) is 0 Å². The lowest BCUT2D eigenvalue weighted by molar-refractivity contribution is -0.940. The Hall–Kier alpha value is -2.46. The van der Waals surface area contributed by atoms with Crippen molar-refractivity contribution in [1.29, 1.82) is 0 Å². The monoisotopic (exact) mass is 474 g/mol. The molecule has 0 N–H and O–H groups in total. The molecule has 0 atom stereocenters. The second kappa shape index (κ2) is 12.5. The summed E-state index contributed by atoms with van der Waals surface area (Å²) in [6, 6.07) is 32.9. The molecule has 0 aliphatic heterocycles. The van der Waals surface area contributed by atoms with Gasteiger partial charge in [-0.3, -0.25) is 0 Å². The molecule has 3 aromatic rings. The molecule has 3 nitrogen and oxygen atoms in total. The maximum Gasteiger partial charge on any atom is 0.104 e. The van der Waals surface area contributed by atoms with Crippen LogP contribution in [0.1, 0.15) is 29.5 Å². The molecule has 0 spiro atoms. The topological polar surface area (TPSA) is 0 Å². The third-order valence-corrected chi connectivity index (χ3v) is 7.24. The third kappa shape index (κ3) is 9.97. The van der Waals surface area contributed by atoms with Crippen molar-refractivity contribution in [3.05, 3.63) is 108 Å². The maximum absolute atomic E-state index is 2.47. The van der Waals surface area contributed by atoms with E-state index in [0.717, 1.165) is 33.1 Å². The summed E-state index contributed by atoms with van der Waals surface area (Å²) < 4.78 is 3.19. The Morgan fingerprint density at radius 3 is 1.06 bits per heavy atom. The maximum atomic E-state index is 2.47. The van der Waals surface area contributed by atoms with Crippen LogP contribution in [-0.4, -0.2) is 74.9 Å². The number of hydrogen-bond acceptors (Lipinski definition) is 0. The van der Waals surface area contributed by atoms with E-state index in [1.165, 1.54) is 55.7 Å². The van der Waals surface area contributed by atoms with Crippen LogP contribution in [-0.2, 0) is 19.6 Å². The Balaban J connectivity index is 1.57. The Labute approximate surface area is 215 Å². The van der Waals surface area contributed by atoms with Crippen molar-refractivity contribution in [2.24, 2.45) is 0 Å². The molecule has 188 valence electrons. The molecule has 0 aromatic heterocycles. The molecule has 0 heterocycles. The van der Waals surface area contributed by atoms with Crippen molar-refractivity contribution in [1.82, 2.24) is 0 Å². The molecule has 0 radical (unpaired) electrons. The van der Waals surface area contributed by atoms with Crippen molar-refractivity contribution < 1.29 is 13.4 Å². The van der Waals surface area contributed by atoms with Gasteiger partial charge in [-0.05, 0) is 0 Å². The molecule has 0 aliphatic carbocycles. The van der Waals surface area contributed by atoms with Gasteiger partial charge in [0.25, 0.3) is 0 Å². The number of quaternary nitrogens is 3. The van der Waals surface area contributed by atoms with Crippen molar-refractivity contribution in [2.45, 2.75) is 32.5 Å². The Morgan fingerprint density at radius 1 is 0.400 bits per heavy atom. The minimum absolute atomic E-state index is 1.04. The largest absolute Gasteiger partial charge is 0.325 e. The minimum atomic E-state index is 1.04. The fraction of sp³-hybridized carbons (Fsp3) is 0.438. The number of rotatable bonds is 14. The number of hydrogen-bond donors (Lipinski definition) is 0. The van der Waals surface area contributed by atoms with Crippen LogP contribution < -0.4 is 0 Å². The standard InChI is InChI=1S/C32H48N3/c1-33(2,27-30-17-9-6-10-18-30)23-15-25-35(5,29-32-21-13-8-14-22-32)26-16-24-34(3,4)28-31-19-11-7-12-20-31/h6-14,17-22H,15-16,23-29H2,1-5H3/q+3. The van der Waals surface area contributed by atoms with Crippen LogP contribution in [0.3, 0.4) is 0 Å². The lowest BCUT2D eigenvalue weighted by Crippen LogP contribution is -2.49. The second-order valence-corrected chi connectivity index (χ2v) is 12.0. The second-order valence-electron chi connectivity index (χ2n) is 12.0. The quantitative estimate of drug-likeness (QED) is 0.253. The molecular formula is C32H48N3+3. The van der Waals surface area contributed by atoms with Crippen LogP contribution in [0.15, 0.2) is 91.0 Å². The highest BCUT2D eigenvalue weighted by Gasteiger charge is 2.26. The van der Waals surface area contributed by atoms with Gasteiger partial charge in [0.05, 0.1) is 61.4 Å². The zero-order valence-electron chi connectivity index (χ0n) is 22.9. The highest BCUT2D eigenvalue weighted by Crippen LogP contribution is 2.18. The predicted molar refractivity (Wildman–Crippen MR) is 150 cm³/mol. The number of benzene rings is 3. The van der Waals surface area contributed by atoms with Gasteiger partial charge in [-0.2, -0.15) is 0 Å². The number of nitrogens with zero attached hydrogens (tertiary/aromatic N) is 3. The summed E-state index contributed by atoms with van der Waals surface area (Å²) >= 11 is 0. The average molecular weight is 475 g/mol. The first-order valence-electron chi connectivity index (χ1n) is 13.2. The molecule has 0 amide bonds. The SMILES string of the molecule is C[N+](C)(CCC[N+](C)(CCC[N+](C)(C)Cc1ccccc1)Cc1ccccc1)Cc1ccccc1. The van der Waals surface area contributed by atoms with Gasteiger partial charge in [0.15, 0.2) is 0 Å². The Morgan fingerprint density at radius 2 is 0.714 bits per heavy atom. The molecule has 0 saturated carbocycles. The molecule has 0 unspecified atom stereocenters. The summed E-state index contributed by atoms with van der Waals surface area (Å²) in [7, 11) is 12.0. The van der Waals surface area contributed by atoms with Gasteiger partial charge in [-0.15, -0.1) is 0 Å². The van der Waals surface area contributed by atoms with Crippen molar-refractivity contribution >= 4 is 0 Å². The van der Waals surface area contributed by atoms with E-state index in [1.54, 1.807) is 0 Å². The Kier molecular flexibility index (Phi) is 9.68. The fourth-order valence-electron chi connectivity index (χ4n) is 5.37. The van der Waals surface area contributed by atoms with Crippen LogP contribution >= 0.6 is 0 Å². The molecule has 0 saturated heterocycles. The van der Waals surface area contributed by atoms with Gasteiger partial charge in [0.2, 0.25) is 0 Å². The highest BCUT2D eigenvalue weighted by atomic mass is 15.4. The lowest BCUT2D eigenvalue weighted by Gasteiger charge is -2.38. The van der Waals surface area contributed by atoms with Crippen LogP contribution in [0.4, 0.5) is 0 Å². The first-order chi connectivity index (χ1) is 16.6. The molecule has 0 bridgehead atoms. The highest BCUT2D eigenvalue weighted by molar-refractivity contribution is 5.14. The van der Waals surface area contributed by atoms with E-state index in [2.05, 4.69) is 126 Å². The minimum Gasteiger partial charge on any atom is -0.325 e. The smallest absolute Gasteiger partial charge is 0.104 e. The summed E-state index contributed by atoms with van der Waals surface area (Å²) in [5.41, 5.74) is 4.31. The lowest BCUT2D eigenvalue weighted by atomic mass is 10.1. The zero-order chi connectivity index (χ0) is 25.2. The summed E-state index contributed by atoms with van der Waals surface area (Å²) in [5, 5.41) is 0. The van der Waals surface area contributed by atoms with Crippen LogP contribution in [0.5, 0.6) is 0 Å². The van der Waals surface area contributed by atoms with Gasteiger partial charge in [0, 0.05) is 29.5 Å². The van der Waals surface area contributed by atoms with Crippen molar-refractivity contribution in [2.75, 3.05) is 61.4 Å². The summed E-state index contributed by atoms with van der Waals surface area (Å²) in [6.07, 6.45) is 2.48. The fourth-order valence-corrected chi connectivity index (χ4v) is 5.37. The molecule has 35 heavy (non-hydrogen) atoms. The zero-order valence-corrected chi connectivity index (χ0v) is 22.9. The summed E-state index contributed by atoms with van der Waals surface area (Å²) in [4.78, 5) is 0. The molecule has 3 aromatic carbocycles. The summed E-state index contributed by atoms with van der Waals surface area (Å²) in [5.74, 6) is 0. The van der Waals surface area contributed by atoms with E-state index in [-0.39, 0.29) is 0 Å². The van der Waals surface area contributed by atoms with Crippen LogP contribution in [0, 0.1) is 0 Å². The van der Waals surface area contributed by atoms with E-state index in [1.807, 2.05) is 0 Å². The van der Waals surface area contributed by atoms with Crippen molar-refractivity contribution in [3.63, 3.8) is 0 Å². The van der Waals surface area contributed by atoms with E-state index >= 15 is 0 Å². The first-order valence-corrected chi connectivity index (χ1v) is 13.2. The molecule has 3 rings (SSSR count). The molecule has 0 fully saturated rings. The van der Waals surface area contributed by atoms with Gasteiger partial charge >= 0.3 is 0 Å². The van der Waals surface area contributed by atoms with Crippen LogP contribution in [0.25, 0.3) is 0 Å². The normalized spacial score (nSPS) is 12.6. The van der Waals surface area contributed by atoms with Crippen molar-refractivity contribution in [3.8, 4) is 0 Å². The van der Waals surface area contributed by atoms with E-state index < -0.39 is 0 Å². The van der Waals surface area contributed by atoms with Gasteiger partial charge in [-0.1, -0.05) is 91.0 Å². The Bertz CT molecular complexity index is 922. The molecular weight excluding hydrogens is 426 g/mol. The van der Waals surface area contributed by atoms with E-state index in [4.69, 9.17) is 0 Å². The predicted octanol–water partition coefficient (Wildman–Crippen LogP) is 5.97.